The lowest BCUT2D eigenvalue weighted by molar-refractivity contribution is -0.120. The van der Waals surface area contributed by atoms with Gasteiger partial charge in [0.1, 0.15) is 12.3 Å². The fourth-order valence-electron chi connectivity index (χ4n) is 2.21. The number of nitrogens with zero attached hydrogens (tertiary/aromatic N) is 1. The molecule has 0 aliphatic rings. The van der Waals surface area contributed by atoms with E-state index in [0.717, 1.165) is 4.47 Å². The van der Waals surface area contributed by atoms with E-state index in [0.29, 0.717) is 23.7 Å². The van der Waals surface area contributed by atoms with Crippen LogP contribution in [0.2, 0.25) is 0 Å². The van der Waals surface area contributed by atoms with Crippen molar-refractivity contribution in [3.63, 3.8) is 0 Å². The number of hydrogen-bond acceptors (Lipinski definition) is 3. The normalized spacial score (nSPS) is 10.1. The minimum atomic E-state index is -0.294. The van der Waals surface area contributed by atoms with Gasteiger partial charge in [-0.05, 0) is 37.3 Å². The molecule has 0 unspecified atom stereocenters. The Kier molecular flexibility index (Phi) is 6.37. The molecule has 0 aromatic heterocycles. The molecule has 0 radical (unpaired) electrons. The fraction of sp³-hybridized carbons (Fsp3) is 0.222. The molecule has 5 nitrogen and oxygen atoms in total. The Morgan fingerprint density at radius 3 is 2.58 bits per heavy atom. The van der Waals surface area contributed by atoms with Crippen LogP contribution in [0.25, 0.3) is 0 Å². The first kappa shape index (κ1) is 18.0. The lowest BCUT2D eigenvalue weighted by Gasteiger charge is -2.21. The molecule has 6 heteroatoms. The van der Waals surface area contributed by atoms with E-state index in [1.807, 2.05) is 31.2 Å². The molecule has 0 heterocycles. The van der Waals surface area contributed by atoms with Gasteiger partial charge < -0.3 is 15.0 Å². The second-order valence-electron chi connectivity index (χ2n) is 5.06. The third-order valence-corrected chi connectivity index (χ3v) is 3.76. The number of hydrogen-bond donors (Lipinski definition) is 1. The highest BCUT2D eigenvalue weighted by Crippen LogP contribution is 2.24. The number of amides is 2. The van der Waals surface area contributed by atoms with E-state index in [9.17, 15) is 9.59 Å². The van der Waals surface area contributed by atoms with Crippen LogP contribution in [0.15, 0.2) is 53.0 Å². The quantitative estimate of drug-likeness (QED) is 0.814. The zero-order chi connectivity index (χ0) is 17.5. The molecule has 126 valence electrons. The van der Waals surface area contributed by atoms with E-state index in [4.69, 9.17) is 4.74 Å². The topological polar surface area (TPSA) is 58.6 Å². The molecule has 0 aliphatic carbocycles. The maximum atomic E-state index is 12.4. The Bertz CT molecular complexity index is 734. The summed E-state index contributed by atoms with van der Waals surface area (Å²) in [6, 6.07) is 14.5. The van der Waals surface area contributed by atoms with Crippen LogP contribution in [0.3, 0.4) is 0 Å². The van der Waals surface area contributed by atoms with Crippen LogP contribution in [0.4, 0.5) is 11.4 Å². The first-order valence-electron chi connectivity index (χ1n) is 7.56. The molecular weight excluding hydrogens is 372 g/mol. The van der Waals surface area contributed by atoms with Crippen LogP contribution in [0, 0.1) is 0 Å². The molecule has 2 aromatic rings. The fourth-order valence-corrected chi connectivity index (χ4v) is 2.60. The lowest BCUT2D eigenvalue weighted by Crippen LogP contribution is -2.36. The average molecular weight is 391 g/mol. The summed E-state index contributed by atoms with van der Waals surface area (Å²) in [4.78, 5) is 25.7. The number of para-hydroxylation sites is 2. The van der Waals surface area contributed by atoms with Crippen molar-refractivity contribution in [2.24, 2.45) is 0 Å². The summed E-state index contributed by atoms with van der Waals surface area (Å²) >= 11 is 3.37. The summed E-state index contributed by atoms with van der Waals surface area (Å²) in [5, 5.41) is 2.80. The molecule has 0 saturated heterocycles. The van der Waals surface area contributed by atoms with Gasteiger partial charge in [0.25, 0.3) is 0 Å². The Morgan fingerprint density at radius 2 is 1.92 bits per heavy atom. The molecule has 0 fully saturated rings. The number of benzene rings is 2. The minimum absolute atomic E-state index is 0.0771. The maximum Gasteiger partial charge on any atom is 0.244 e. The number of ether oxygens (including phenoxy) is 1. The van der Waals surface area contributed by atoms with Crippen LogP contribution in [-0.2, 0) is 9.59 Å². The summed E-state index contributed by atoms with van der Waals surface area (Å²) in [6.07, 6.45) is 0. The Labute approximate surface area is 149 Å². The van der Waals surface area contributed by atoms with E-state index in [-0.39, 0.29) is 18.4 Å². The van der Waals surface area contributed by atoms with Crippen molar-refractivity contribution in [2.45, 2.75) is 13.8 Å². The van der Waals surface area contributed by atoms with Gasteiger partial charge in [-0.2, -0.15) is 0 Å². The van der Waals surface area contributed by atoms with Crippen molar-refractivity contribution in [3.8, 4) is 5.75 Å². The molecule has 0 saturated carbocycles. The summed E-state index contributed by atoms with van der Waals surface area (Å²) < 4.78 is 6.33. The highest BCUT2D eigenvalue weighted by molar-refractivity contribution is 9.10. The molecular formula is C18H19BrN2O3. The summed E-state index contributed by atoms with van der Waals surface area (Å²) in [5.74, 6) is 0.101. The van der Waals surface area contributed by atoms with Crippen LogP contribution >= 0.6 is 15.9 Å². The maximum absolute atomic E-state index is 12.4. The van der Waals surface area contributed by atoms with E-state index in [2.05, 4.69) is 21.2 Å². The molecule has 1 N–H and O–H groups in total. The molecule has 0 bridgehead atoms. The molecule has 2 rings (SSSR count). The third-order valence-electron chi connectivity index (χ3n) is 3.26. The van der Waals surface area contributed by atoms with Gasteiger partial charge >= 0.3 is 0 Å². The number of nitrogens with one attached hydrogen (secondary N) is 1. The van der Waals surface area contributed by atoms with Gasteiger partial charge in [0.15, 0.2) is 0 Å². The predicted molar refractivity (Wildman–Crippen MR) is 98.4 cm³/mol. The lowest BCUT2D eigenvalue weighted by atomic mass is 10.2. The van der Waals surface area contributed by atoms with E-state index >= 15 is 0 Å². The van der Waals surface area contributed by atoms with Crippen LogP contribution in [-0.4, -0.2) is 25.0 Å². The zero-order valence-corrected chi connectivity index (χ0v) is 15.2. The van der Waals surface area contributed by atoms with Crippen molar-refractivity contribution >= 4 is 39.1 Å². The molecule has 0 aliphatic heterocycles. The third kappa shape index (κ3) is 4.83. The summed E-state index contributed by atoms with van der Waals surface area (Å²) in [7, 11) is 0. The van der Waals surface area contributed by atoms with Gasteiger partial charge in [0.2, 0.25) is 11.8 Å². The van der Waals surface area contributed by atoms with E-state index in [1.54, 1.807) is 24.3 Å². The number of carbonyl (C=O) groups excluding carboxylic acids is 2. The average Bonchev–Trinajstić information content (AvgIpc) is 2.54. The molecule has 2 amide bonds. The van der Waals surface area contributed by atoms with Crippen LogP contribution < -0.4 is 15.0 Å². The standard InChI is InChI=1S/C18H19BrN2O3/c1-3-24-17-10-5-4-9-16(17)20-18(23)12-21(13(2)22)15-8-6-7-14(19)11-15/h4-11H,3,12H2,1-2H3,(H,20,23). The van der Waals surface area contributed by atoms with Crippen molar-refractivity contribution in [3.05, 3.63) is 53.0 Å². The highest BCUT2D eigenvalue weighted by Gasteiger charge is 2.17. The van der Waals surface area contributed by atoms with Gasteiger partial charge in [0, 0.05) is 17.1 Å². The Balaban J connectivity index is 2.13. The second kappa shape index (κ2) is 8.49. The van der Waals surface area contributed by atoms with Crippen LogP contribution in [0.5, 0.6) is 5.75 Å². The summed E-state index contributed by atoms with van der Waals surface area (Å²) in [6.45, 7) is 3.74. The van der Waals surface area contributed by atoms with Gasteiger partial charge in [-0.15, -0.1) is 0 Å². The summed E-state index contributed by atoms with van der Waals surface area (Å²) in [5.41, 5.74) is 1.24. The first-order chi connectivity index (χ1) is 11.5. The number of anilines is 2. The smallest absolute Gasteiger partial charge is 0.244 e. The van der Waals surface area contributed by atoms with Gasteiger partial charge in [-0.3, -0.25) is 9.59 Å². The van der Waals surface area contributed by atoms with Crippen LogP contribution in [0.1, 0.15) is 13.8 Å². The van der Waals surface area contributed by atoms with Gasteiger partial charge in [-0.25, -0.2) is 0 Å². The van der Waals surface area contributed by atoms with Gasteiger partial charge in [-0.1, -0.05) is 34.1 Å². The largest absolute Gasteiger partial charge is 0.492 e. The highest BCUT2D eigenvalue weighted by atomic mass is 79.9. The van der Waals surface area contributed by atoms with Crippen molar-refractivity contribution < 1.29 is 14.3 Å². The van der Waals surface area contributed by atoms with Crippen molar-refractivity contribution in [1.29, 1.82) is 0 Å². The minimum Gasteiger partial charge on any atom is -0.492 e. The van der Waals surface area contributed by atoms with Gasteiger partial charge in [0.05, 0.1) is 12.3 Å². The number of carbonyl (C=O) groups is 2. The van der Waals surface area contributed by atoms with Crippen molar-refractivity contribution in [1.82, 2.24) is 0 Å². The Morgan fingerprint density at radius 1 is 1.17 bits per heavy atom. The predicted octanol–water partition coefficient (Wildman–Crippen LogP) is 3.84. The number of halogens is 1. The Hall–Kier alpha value is -2.34. The monoisotopic (exact) mass is 390 g/mol. The molecule has 2 aromatic carbocycles. The zero-order valence-electron chi connectivity index (χ0n) is 13.6. The van der Waals surface area contributed by atoms with E-state index in [1.165, 1.54) is 11.8 Å². The molecule has 0 spiro atoms. The van der Waals surface area contributed by atoms with Crippen molar-refractivity contribution in [2.75, 3.05) is 23.4 Å². The SMILES string of the molecule is CCOc1ccccc1NC(=O)CN(C(C)=O)c1cccc(Br)c1. The number of rotatable bonds is 6. The molecule has 0 atom stereocenters. The molecule has 24 heavy (non-hydrogen) atoms. The van der Waals surface area contributed by atoms with E-state index < -0.39 is 0 Å². The second-order valence-corrected chi connectivity index (χ2v) is 5.98. The first-order valence-corrected chi connectivity index (χ1v) is 8.36.